The van der Waals surface area contributed by atoms with E-state index in [0.29, 0.717) is 35.7 Å². The molecule has 0 N–H and O–H groups in total. The van der Waals surface area contributed by atoms with E-state index in [4.69, 9.17) is 9.47 Å². The first kappa shape index (κ1) is 40.1. The summed E-state index contributed by atoms with van der Waals surface area (Å²) in [7, 11) is 0. The standard InChI is InChI=1S/C44H58N4O4/c49-43(23-15-9-5-1-3-7-11-17-33-47-35-19-13-20-36-47)51-41-29-25-39(26-30-41)45-46-40-27-31-42(32-28-40)52-44(50)24-16-10-6-2-4-8-12-18-34-48-37-21-14-22-38-48/h13-14,19-22,25-32,35-38H,1-12,15-18,23-24,33-34H2/q+2. The van der Waals surface area contributed by atoms with Crippen molar-refractivity contribution in [3.63, 3.8) is 0 Å². The van der Waals surface area contributed by atoms with E-state index in [1.807, 2.05) is 12.1 Å². The lowest BCUT2D eigenvalue weighted by molar-refractivity contribution is -0.697. The summed E-state index contributed by atoms with van der Waals surface area (Å²) < 4.78 is 15.5. The maximum atomic E-state index is 12.3. The highest BCUT2D eigenvalue weighted by molar-refractivity contribution is 5.73. The number of azo groups is 1. The number of nitrogens with zero attached hydrogens (tertiary/aromatic N) is 4. The molecule has 4 aromatic rings. The number of aromatic nitrogens is 2. The maximum absolute atomic E-state index is 12.3. The van der Waals surface area contributed by atoms with Crippen LogP contribution in [0.25, 0.3) is 0 Å². The van der Waals surface area contributed by atoms with Crippen molar-refractivity contribution in [3.8, 4) is 11.5 Å². The van der Waals surface area contributed by atoms with Gasteiger partial charge in [0.25, 0.3) is 0 Å². The van der Waals surface area contributed by atoms with E-state index in [1.165, 1.54) is 64.2 Å². The van der Waals surface area contributed by atoms with Gasteiger partial charge >= 0.3 is 11.9 Å². The summed E-state index contributed by atoms with van der Waals surface area (Å²) in [6, 6.07) is 26.4. The number of hydrogen-bond donors (Lipinski definition) is 0. The molecule has 2 heterocycles. The predicted octanol–water partition coefficient (Wildman–Crippen LogP) is 10.9. The van der Waals surface area contributed by atoms with Crippen LogP contribution in [-0.4, -0.2) is 11.9 Å². The fourth-order valence-corrected chi connectivity index (χ4v) is 6.06. The highest BCUT2D eigenvalue weighted by atomic mass is 16.5. The molecule has 2 aromatic carbocycles. The van der Waals surface area contributed by atoms with E-state index in [9.17, 15) is 9.59 Å². The number of hydrogen-bond acceptors (Lipinski definition) is 6. The number of ether oxygens (including phenoxy) is 2. The van der Waals surface area contributed by atoms with Crippen LogP contribution in [0.15, 0.2) is 120 Å². The quantitative estimate of drug-likeness (QED) is 0.0214. The minimum Gasteiger partial charge on any atom is -0.427 e. The van der Waals surface area contributed by atoms with Crippen molar-refractivity contribution in [1.82, 2.24) is 0 Å². The fourth-order valence-electron chi connectivity index (χ4n) is 6.06. The van der Waals surface area contributed by atoms with Gasteiger partial charge in [0.1, 0.15) is 24.6 Å². The van der Waals surface area contributed by atoms with Crippen molar-refractivity contribution in [3.05, 3.63) is 110 Å². The molecule has 0 aliphatic carbocycles. The Bertz CT molecular complexity index is 1440. The first-order valence-electron chi connectivity index (χ1n) is 19.6. The lowest BCUT2D eigenvalue weighted by Crippen LogP contribution is -2.32. The van der Waals surface area contributed by atoms with Gasteiger partial charge in [-0.15, -0.1) is 0 Å². The Kier molecular flexibility index (Phi) is 19.5. The zero-order chi connectivity index (χ0) is 36.3. The predicted molar refractivity (Wildman–Crippen MR) is 205 cm³/mol. The molecule has 276 valence electrons. The van der Waals surface area contributed by atoms with Crippen molar-refractivity contribution in [2.75, 3.05) is 0 Å². The van der Waals surface area contributed by atoms with Crippen LogP contribution in [-0.2, 0) is 22.7 Å². The SMILES string of the molecule is O=C(CCCCCCCCCC[n+]1ccccc1)Oc1ccc(N=Nc2ccc(OC(=O)CCCCCCCCCC[n+]3ccccc3)cc2)cc1. The largest absolute Gasteiger partial charge is 0.427 e. The van der Waals surface area contributed by atoms with Crippen molar-refractivity contribution in [1.29, 1.82) is 0 Å². The Morgan fingerprint density at radius 3 is 1.06 bits per heavy atom. The first-order valence-corrected chi connectivity index (χ1v) is 19.6. The van der Waals surface area contributed by atoms with Crippen molar-refractivity contribution < 1.29 is 28.2 Å². The van der Waals surface area contributed by atoms with Crippen LogP contribution >= 0.6 is 0 Å². The minimum atomic E-state index is -0.204. The number of aryl methyl sites for hydroxylation is 2. The molecule has 0 aliphatic heterocycles. The number of rotatable bonds is 26. The molecule has 2 aromatic heterocycles. The maximum Gasteiger partial charge on any atom is 0.311 e. The summed E-state index contributed by atoms with van der Waals surface area (Å²) in [5.41, 5.74) is 1.30. The van der Waals surface area contributed by atoms with Crippen LogP contribution in [0.2, 0.25) is 0 Å². The third kappa shape index (κ3) is 18.0. The number of unbranched alkanes of at least 4 members (excludes halogenated alkanes) is 14. The molecular weight excluding hydrogens is 649 g/mol. The summed E-state index contributed by atoms with van der Waals surface area (Å²) >= 11 is 0. The number of benzene rings is 2. The van der Waals surface area contributed by atoms with Gasteiger partial charge in [-0.2, -0.15) is 10.2 Å². The average molecular weight is 707 g/mol. The summed E-state index contributed by atoms with van der Waals surface area (Å²) in [5, 5.41) is 8.55. The molecular formula is C44H58N4O4+2. The minimum absolute atomic E-state index is 0.204. The number of esters is 2. The smallest absolute Gasteiger partial charge is 0.311 e. The van der Waals surface area contributed by atoms with Crippen LogP contribution in [0.3, 0.4) is 0 Å². The Morgan fingerprint density at radius 1 is 0.404 bits per heavy atom. The molecule has 0 saturated heterocycles. The van der Waals surface area contributed by atoms with Gasteiger partial charge in [-0.25, -0.2) is 9.13 Å². The highest BCUT2D eigenvalue weighted by Gasteiger charge is 2.07. The molecule has 0 unspecified atom stereocenters. The molecule has 0 bridgehead atoms. The van der Waals surface area contributed by atoms with E-state index in [2.05, 4.69) is 68.4 Å². The van der Waals surface area contributed by atoms with Gasteiger partial charge in [0.05, 0.1) is 11.4 Å². The molecule has 0 atom stereocenters. The number of pyridine rings is 2. The second-order valence-corrected chi connectivity index (χ2v) is 13.5. The fraction of sp³-hybridized carbons (Fsp3) is 0.455. The van der Waals surface area contributed by atoms with E-state index in [1.54, 1.807) is 48.5 Å². The Labute approximate surface area is 310 Å². The summed E-state index contributed by atoms with van der Waals surface area (Å²) in [4.78, 5) is 24.6. The van der Waals surface area contributed by atoms with E-state index >= 15 is 0 Å². The Balaban J connectivity index is 0.978. The Morgan fingerprint density at radius 2 is 0.712 bits per heavy atom. The molecule has 0 fully saturated rings. The second-order valence-electron chi connectivity index (χ2n) is 13.5. The van der Waals surface area contributed by atoms with Gasteiger partial charge in [-0.1, -0.05) is 76.3 Å². The summed E-state index contributed by atoms with van der Waals surface area (Å²) in [6.07, 6.45) is 27.9. The molecule has 8 nitrogen and oxygen atoms in total. The van der Waals surface area contributed by atoms with Crippen molar-refractivity contribution >= 4 is 23.3 Å². The van der Waals surface area contributed by atoms with Crippen LogP contribution in [0.4, 0.5) is 11.4 Å². The van der Waals surface area contributed by atoms with Gasteiger partial charge in [0.15, 0.2) is 24.8 Å². The van der Waals surface area contributed by atoms with Gasteiger partial charge in [0.2, 0.25) is 0 Å². The number of carbonyl (C=O) groups is 2. The van der Waals surface area contributed by atoms with Crippen LogP contribution in [0.1, 0.15) is 116 Å². The lowest BCUT2D eigenvalue weighted by atomic mass is 10.1. The second kappa shape index (κ2) is 25.3. The molecule has 0 radical (unpaired) electrons. The zero-order valence-corrected chi connectivity index (χ0v) is 31.0. The normalized spacial score (nSPS) is 11.2. The molecule has 52 heavy (non-hydrogen) atoms. The van der Waals surface area contributed by atoms with Gasteiger partial charge in [-0.05, 0) is 74.2 Å². The summed E-state index contributed by atoms with van der Waals surface area (Å²) in [6.45, 7) is 2.17. The molecule has 0 amide bonds. The molecule has 0 aliphatic rings. The summed E-state index contributed by atoms with van der Waals surface area (Å²) in [5.74, 6) is 0.606. The molecule has 8 heteroatoms. The molecule has 0 saturated carbocycles. The van der Waals surface area contributed by atoms with E-state index in [-0.39, 0.29) is 11.9 Å². The van der Waals surface area contributed by atoms with Gasteiger partial charge in [0, 0.05) is 49.9 Å². The van der Waals surface area contributed by atoms with E-state index in [0.717, 1.165) is 51.6 Å². The Hall–Kier alpha value is -4.72. The topological polar surface area (TPSA) is 85.1 Å². The molecule has 4 rings (SSSR count). The average Bonchev–Trinajstić information content (AvgIpc) is 3.17. The first-order chi connectivity index (χ1) is 25.6. The van der Waals surface area contributed by atoms with Crippen molar-refractivity contribution in [2.45, 2.75) is 129 Å². The van der Waals surface area contributed by atoms with E-state index < -0.39 is 0 Å². The monoisotopic (exact) mass is 706 g/mol. The lowest BCUT2D eigenvalue weighted by Gasteiger charge is -2.05. The van der Waals surface area contributed by atoms with Crippen LogP contribution < -0.4 is 18.6 Å². The van der Waals surface area contributed by atoms with Gasteiger partial charge < -0.3 is 9.47 Å². The zero-order valence-electron chi connectivity index (χ0n) is 31.0. The number of carbonyl (C=O) groups excluding carboxylic acids is 2. The molecule has 0 spiro atoms. The van der Waals surface area contributed by atoms with Crippen molar-refractivity contribution in [2.24, 2.45) is 10.2 Å². The third-order valence-corrected chi connectivity index (χ3v) is 9.07. The third-order valence-electron chi connectivity index (χ3n) is 9.07. The van der Waals surface area contributed by atoms with Crippen LogP contribution in [0.5, 0.6) is 11.5 Å². The van der Waals surface area contributed by atoms with Gasteiger partial charge in [-0.3, -0.25) is 9.59 Å². The van der Waals surface area contributed by atoms with Crippen LogP contribution in [0, 0.1) is 0 Å². The highest BCUT2D eigenvalue weighted by Crippen LogP contribution is 2.24.